The maximum Gasteiger partial charge on any atom is 0.266 e. The second kappa shape index (κ2) is 11.0. The van der Waals surface area contributed by atoms with Gasteiger partial charge in [-0.25, -0.2) is 0 Å². The highest BCUT2D eigenvalue weighted by atomic mass is 35.5. The minimum Gasteiger partial charge on any atom is -0.492 e. The van der Waals surface area contributed by atoms with Crippen molar-refractivity contribution in [2.45, 2.75) is 13.5 Å². The fourth-order valence-corrected chi connectivity index (χ4v) is 3.62. The van der Waals surface area contributed by atoms with Gasteiger partial charge >= 0.3 is 0 Å². The molecule has 6 nitrogen and oxygen atoms in total. The standard InChI is InChI=1S/C23H17Cl3N2O4/c1-2-30-21-6-4-3-5-20(21)28-23(29)14(12-27)9-16-7-8-17(32-16)13-31-22-18(25)10-15(24)11-19(22)26/h3-11H,2,13H2,1H3,(H,28,29)/b14-9+. The Morgan fingerprint density at radius 1 is 1.12 bits per heavy atom. The zero-order valence-corrected chi connectivity index (χ0v) is 19.1. The molecular weight excluding hydrogens is 475 g/mol. The Labute approximate surface area is 199 Å². The van der Waals surface area contributed by atoms with Gasteiger partial charge in [-0.1, -0.05) is 46.9 Å². The Kier molecular flexibility index (Phi) is 8.07. The number of amides is 1. The molecule has 0 bridgehead atoms. The van der Waals surface area contributed by atoms with Gasteiger partial charge in [-0.3, -0.25) is 4.79 Å². The topological polar surface area (TPSA) is 84.5 Å². The summed E-state index contributed by atoms with van der Waals surface area (Å²) in [5.41, 5.74) is 0.327. The van der Waals surface area contributed by atoms with E-state index in [1.807, 2.05) is 13.0 Å². The van der Waals surface area contributed by atoms with Crippen molar-refractivity contribution < 1.29 is 18.7 Å². The van der Waals surface area contributed by atoms with Crippen LogP contribution in [0.3, 0.4) is 0 Å². The number of nitriles is 1. The molecule has 0 aliphatic carbocycles. The van der Waals surface area contributed by atoms with Gasteiger partial charge in [0.2, 0.25) is 0 Å². The number of para-hydroxylation sites is 2. The van der Waals surface area contributed by atoms with Gasteiger partial charge in [0, 0.05) is 11.1 Å². The van der Waals surface area contributed by atoms with Crippen LogP contribution in [0.15, 0.2) is 58.5 Å². The lowest BCUT2D eigenvalue weighted by Crippen LogP contribution is -2.14. The maximum atomic E-state index is 12.6. The van der Waals surface area contributed by atoms with Crippen molar-refractivity contribution in [2.24, 2.45) is 0 Å². The highest BCUT2D eigenvalue weighted by molar-refractivity contribution is 6.40. The number of hydrogen-bond donors (Lipinski definition) is 1. The van der Waals surface area contributed by atoms with Gasteiger partial charge in [0.15, 0.2) is 5.75 Å². The molecule has 3 aromatic rings. The van der Waals surface area contributed by atoms with Crippen LogP contribution in [0, 0.1) is 11.3 Å². The van der Waals surface area contributed by atoms with Crippen LogP contribution < -0.4 is 14.8 Å². The lowest BCUT2D eigenvalue weighted by atomic mass is 10.2. The number of ether oxygens (including phenoxy) is 2. The van der Waals surface area contributed by atoms with Crippen LogP contribution >= 0.6 is 34.8 Å². The van der Waals surface area contributed by atoms with Crippen LogP contribution in [0.25, 0.3) is 6.08 Å². The molecule has 0 atom stereocenters. The molecule has 0 spiro atoms. The van der Waals surface area contributed by atoms with E-state index in [2.05, 4.69) is 5.32 Å². The monoisotopic (exact) mass is 490 g/mol. The Bertz CT molecular complexity index is 1170. The molecule has 1 heterocycles. The van der Waals surface area contributed by atoms with Crippen molar-refractivity contribution in [3.63, 3.8) is 0 Å². The lowest BCUT2D eigenvalue weighted by molar-refractivity contribution is -0.112. The summed E-state index contributed by atoms with van der Waals surface area (Å²) in [5.74, 6) is 0.946. The average Bonchev–Trinajstić information content (AvgIpc) is 3.20. The first kappa shape index (κ1) is 23.6. The first-order chi connectivity index (χ1) is 15.4. The zero-order chi connectivity index (χ0) is 23.1. The van der Waals surface area contributed by atoms with Crippen molar-refractivity contribution in [2.75, 3.05) is 11.9 Å². The van der Waals surface area contributed by atoms with E-state index in [0.29, 0.717) is 34.6 Å². The quantitative estimate of drug-likeness (QED) is 0.278. The number of halogens is 3. The molecule has 0 saturated heterocycles. The van der Waals surface area contributed by atoms with Gasteiger partial charge in [0.25, 0.3) is 5.91 Å². The van der Waals surface area contributed by atoms with Gasteiger partial charge in [0.05, 0.1) is 22.3 Å². The molecule has 0 aliphatic rings. The number of nitrogens with one attached hydrogen (secondary N) is 1. The van der Waals surface area contributed by atoms with Crippen molar-refractivity contribution >= 4 is 52.5 Å². The number of furan rings is 1. The van der Waals surface area contributed by atoms with Gasteiger partial charge < -0.3 is 19.2 Å². The molecular formula is C23H17Cl3N2O4. The van der Waals surface area contributed by atoms with Crippen LogP contribution in [0.2, 0.25) is 15.1 Å². The Morgan fingerprint density at radius 2 is 1.84 bits per heavy atom. The summed E-state index contributed by atoms with van der Waals surface area (Å²) in [6.07, 6.45) is 1.34. The molecule has 2 aromatic carbocycles. The average molecular weight is 492 g/mol. The molecule has 1 amide bonds. The number of rotatable bonds is 8. The molecule has 3 rings (SSSR count). The molecule has 32 heavy (non-hydrogen) atoms. The third-order valence-corrected chi connectivity index (χ3v) is 4.87. The number of carbonyl (C=O) groups excluding carboxylic acids is 1. The predicted octanol–water partition coefficient (Wildman–Crippen LogP) is 6.76. The number of benzene rings is 2. The van der Waals surface area contributed by atoms with E-state index in [1.165, 1.54) is 18.2 Å². The minimum absolute atomic E-state index is 0.0325. The molecule has 0 saturated carbocycles. The highest BCUT2D eigenvalue weighted by Crippen LogP contribution is 2.36. The van der Waals surface area contributed by atoms with Crippen LogP contribution in [0.4, 0.5) is 5.69 Å². The number of hydrogen-bond acceptors (Lipinski definition) is 5. The normalized spacial score (nSPS) is 11.0. The molecule has 0 aliphatic heterocycles. The Hall–Kier alpha value is -3.11. The zero-order valence-electron chi connectivity index (χ0n) is 16.8. The van der Waals surface area contributed by atoms with E-state index >= 15 is 0 Å². The number of nitrogens with zero attached hydrogens (tertiary/aromatic N) is 1. The van der Waals surface area contributed by atoms with E-state index < -0.39 is 5.91 Å². The third-order valence-electron chi connectivity index (χ3n) is 4.09. The summed E-state index contributed by atoms with van der Waals surface area (Å²) in [5, 5.41) is 13.0. The summed E-state index contributed by atoms with van der Waals surface area (Å²) in [6.45, 7) is 2.31. The van der Waals surface area contributed by atoms with Crippen LogP contribution in [-0.4, -0.2) is 12.5 Å². The molecule has 0 unspecified atom stereocenters. The second-order valence-corrected chi connectivity index (χ2v) is 7.60. The summed E-state index contributed by atoms with van der Waals surface area (Å²) >= 11 is 18.1. The van der Waals surface area contributed by atoms with Crippen LogP contribution in [-0.2, 0) is 11.4 Å². The van der Waals surface area contributed by atoms with Crippen molar-refractivity contribution in [1.29, 1.82) is 5.26 Å². The maximum absolute atomic E-state index is 12.6. The smallest absolute Gasteiger partial charge is 0.266 e. The lowest BCUT2D eigenvalue weighted by Gasteiger charge is -2.10. The van der Waals surface area contributed by atoms with E-state index in [0.717, 1.165) is 0 Å². The number of anilines is 1. The van der Waals surface area contributed by atoms with Gasteiger partial charge in [0.1, 0.15) is 35.5 Å². The molecule has 0 radical (unpaired) electrons. The molecule has 0 fully saturated rings. The van der Waals surface area contributed by atoms with Crippen LogP contribution in [0.5, 0.6) is 11.5 Å². The van der Waals surface area contributed by atoms with Crippen molar-refractivity contribution in [1.82, 2.24) is 0 Å². The van der Waals surface area contributed by atoms with E-state index in [4.69, 9.17) is 48.7 Å². The molecule has 1 aromatic heterocycles. The van der Waals surface area contributed by atoms with Crippen LogP contribution in [0.1, 0.15) is 18.4 Å². The van der Waals surface area contributed by atoms with Gasteiger partial charge in [-0.15, -0.1) is 0 Å². The fraction of sp³-hybridized carbons (Fsp3) is 0.130. The van der Waals surface area contributed by atoms with E-state index in [-0.39, 0.29) is 28.0 Å². The Morgan fingerprint density at radius 3 is 2.53 bits per heavy atom. The first-order valence-electron chi connectivity index (χ1n) is 9.42. The SMILES string of the molecule is CCOc1ccccc1NC(=O)/C(C#N)=C/c1ccc(COc2c(Cl)cc(Cl)cc2Cl)o1. The molecule has 164 valence electrons. The third kappa shape index (κ3) is 5.98. The highest BCUT2D eigenvalue weighted by Gasteiger charge is 2.14. The summed E-state index contributed by atoms with van der Waals surface area (Å²) in [7, 11) is 0. The molecule has 1 N–H and O–H groups in total. The summed E-state index contributed by atoms with van der Waals surface area (Å²) in [6, 6.07) is 15.1. The number of carbonyl (C=O) groups is 1. The van der Waals surface area contributed by atoms with E-state index in [1.54, 1.807) is 36.4 Å². The second-order valence-electron chi connectivity index (χ2n) is 6.34. The van der Waals surface area contributed by atoms with Gasteiger partial charge in [-0.05, 0) is 43.3 Å². The predicted molar refractivity (Wildman–Crippen MR) is 124 cm³/mol. The van der Waals surface area contributed by atoms with Gasteiger partial charge in [-0.2, -0.15) is 5.26 Å². The van der Waals surface area contributed by atoms with Crippen molar-refractivity contribution in [3.05, 3.63) is 80.7 Å². The Balaban J connectivity index is 1.70. The van der Waals surface area contributed by atoms with Crippen molar-refractivity contribution in [3.8, 4) is 17.6 Å². The molecule has 9 heteroatoms. The fourth-order valence-electron chi connectivity index (χ4n) is 2.69. The first-order valence-corrected chi connectivity index (χ1v) is 10.6. The largest absolute Gasteiger partial charge is 0.492 e. The minimum atomic E-state index is -0.589. The summed E-state index contributed by atoms with van der Waals surface area (Å²) in [4.78, 5) is 12.6. The van der Waals surface area contributed by atoms with E-state index in [9.17, 15) is 10.1 Å². The summed E-state index contributed by atoms with van der Waals surface area (Å²) < 4.78 is 16.7.